The van der Waals surface area contributed by atoms with Crippen LogP contribution in [0.2, 0.25) is 0 Å². The number of rotatable bonds is 4. The van der Waals surface area contributed by atoms with E-state index in [0.717, 1.165) is 18.8 Å². The van der Waals surface area contributed by atoms with Crippen LogP contribution >= 0.6 is 0 Å². The Kier molecular flexibility index (Phi) is 3.93. The van der Waals surface area contributed by atoms with Crippen molar-refractivity contribution in [2.75, 3.05) is 18.4 Å². The summed E-state index contributed by atoms with van der Waals surface area (Å²) in [7, 11) is 0. The lowest BCUT2D eigenvalue weighted by Crippen LogP contribution is -2.39. The molecule has 5 heteroatoms. The number of nitro groups is 1. The van der Waals surface area contributed by atoms with Crippen molar-refractivity contribution in [1.29, 1.82) is 0 Å². The summed E-state index contributed by atoms with van der Waals surface area (Å²) in [4.78, 5) is 10.1. The molecule has 5 nitrogen and oxygen atoms in total. The van der Waals surface area contributed by atoms with Crippen LogP contribution in [0.1, 0.15) is 19.3 Å². The molecule has 1 atom stereocenters. The number of hydrogen-bond donors (Lipinski definition) is 2. The van der Waals surface area contributed by atoms with E-state index in [1.807, 2.05) is 0 Å². The predicted octanol–water partition coefficient (Wildman–Crippen LogP) is 2.15. The molecular weight excluding hydrogens is 218 g/mol. The Labute approximate surface area is 100 Å². The largest absolute Gasteiger partial charge is 0.383 e. The van der Waals surface area contributed by atoms with Crippen LogP contribution in [0.5, 0.6) is 0 Å². The molecule has 1 aromatic rings. The molecular formula is C12H17N3O2. The summed E-state index contributed by atoms with van der Waals surface area (Å²) in [5.41, 5.74) is 1.06. The number of anilines is 1. The van der Waals surface area contributed by atoms with Crippen LogP contribution in [-0.2, 0) is 0 Å². The minimum Gasteiger partial charge on any atom is -0.383 e. The van der Waals surface area contributed by atoms with E-state index in [1.165, 1.54) is 31.4 Å². The molecule has 1 fully saturated rings. The van der Waals surface area contributed by atoms with Gasteiger partial charge in [-0.1, -0.05) is 6.42 Å². The van der Waals surface area contributed by atoms with Crippen molar-refractivity contribution in [3.8, 4) is 0 Å². The molecule has 2 rings (SSSR count). The van der Waals surface area contributed by atoms with Crippen molar-refractivity contribution in [2.24, 2.45) is 0 Å². The number of hydrogen-bond acceptors (Lipinski definition) is 4. The molecule has 2 N–H and O–H groups in total. The number of nitro benzene ring substituents is 1. The van der Waals surface area contributed by atoms with Crippen molar-refractivity contribution in [1.82, 2.24) is 5.32 Å². The van der Waals surface area contributed by atoms with Crippen LogP contribution in [-0.4, -0.2) is 24.1 Å². The van der Waals surface area contributed by atoms with E-state index in [4.69, 9.17) is 0 Å². The Morgan fingerprint density at radius 1 is 1.35 bits per heavy atom. The van der Waals surface area contributed by atoms with Crippen LogP contribution < -0.4 is 10.6 Å². The second-order valence-electron chi connectivity index (χ2n) is 4.33. The standard InChI is InChI=1S/C12H17N3O2/c16-15(17)12-6-4-10(5-7-12)14-9-11-3-1-2-8-13-11/h4-7,11,13-14H,1-3,8-9H2. The summed E-state index contributed by atoms with van der Waals surface area (Å²) in [5.74, 6) is 0. The topological polar surface area (TPSA) is 67.2 Å². The molecule has 0 aliphatic carbocycles. The first kappa shape index (κ1) is 11.9. The van der Waals surface area contributed by atoms with Gasteiger partial charge in [0.1, 0.15) is 0 Å². The van der Waals surface area contributed by atoms with Crippen LogP contribution in [0.25, 0.3) is 0 Å². The zero-order valence-electron chi connectivity index (χ0n) is 9.69. The molecule has 0 aromatic heterocycles. The van der Waals surface area contributed by atoms with Crippen molar-refractivity contribution >= 4 is 11.4 Å². The minimum absolute atomic E-state index is 0.131. The van der Waals surface area contributed by atoms with Gasteiger partial charge >= 0.3 is 0 Å². The highest BCUT2D eigenvalue weighted by Gasteiger charge is 2.12. The highest BCUT2D eigenvalue weighted by molar-refractivity contribution is 5.48. The van der Waals surface area contributed by atoms with Gasteiger partial charge in [0.05, 0.1) is 4.92 Å². The average molecular weight is 235 g/mol. The third-order valence-corrected chi connectivity index (χ3v) is 3.04. The van der Waals surface area contributed by atoms with Crippen molar-refractivity contribution in [3.63, 3.8) is 0 Å². The van der Waals surface area contributed by atoms with E-state index >= 15 is 0 Å². The lowest BCUT2D eigenvalue weighted by Gasteiger charge is -2.24. The minimum atomic E-state index is -0.382. The Balaban J connectivity index is 1.84. The number of nitrogens with zero attached hydrogens (tertiary/aromatic N) is 1. The third kappa shape index (κ3) is 3.42. The second-order valence-corrected chi connectivity index (χ2v) is 4.33. The zero-order valence-corrected chi connectivity index (χ0v) is 9.69. The van der Waals surface area contributed by atoms with Gasteiger partial charge in [0.25, 0.3) is 5.69 Å². The number of piperidine rings is 1. The van der Waals surface area contributed by atoms with Gasteiger partial charge in [-0.3, -0.25) is 10.1 Å². The lowest BCUT2D eigenvalue weighted by atomic mass is 10.1. The summed E-state index contributed by atoms with van der Waals surface area (Å²) in [6.07, 6.45) is 3.73. The number of non-ortho nitro benzene ring substituents is 1. The Morgan fingerprint density at radius 2 is 2.12 bits per heavy atom. The quantitative estimate of drug-likeness (QED) is 0.620. The monoisotopic (exact) mass is 235 g/mol. The van der Waals surface area contributed by atoms with E-state index in [-0.39, 0.29) is 10.6 Å². The lowest BCUT2D eigenvalue weighted by molar-refractivity contribution is -0.384. The van der Waals surface area contributed by atoms with Crippen molar-refractivity contribution in [2.45, 2.75) is 25.3 Å². The molecule has 1 aromatic carbocycles. The van der Waals surface area contributed by atoms with Gasteiger partial charge in [-0.15, -0.1) is 0 Å². The molecule has 17 heavy (non-hydrogen) atoms. The maximum atomic E-state index is 10.5. The van der Waals surface area contributed by atoms with Crippen LogP contribution in [0.3, 0.4) is 0 Å². The van der Waals surface area contributed by atoms with E-state index in [9.17, 15) is 10.1 Å². The van der Waals surface area contributed by atoms with E-state index in [2.05, 4.69) is 10.6 Å². The van der Waals surface area contributed by atoms with Crippen molar-refractivity contribution in [3.05, 3.63) is 34.4 Å². The molecule has 0 amide bonds. The molecule has 92 valence electrons. The summed E-state index contributed by atoms with van der Waals surface area (Å²) in [6, 6.07) is 7.06. The Hall–Kier alpha value is -1.62. The smallest absolute Gasteiger partial charge is 0.269 e. The van der Waals surface area contributed by atoms with E-state index in [1.54, 1.807) is 12.1 Å². The van der Waals surface area contributed by atoms with Gasteiger partial charge in [0.2, 0.25) is 0 Å². The molecule has 1 aliphatic rings. The van der Waals surface area contributed by atoms with Crippen LogP contribution in [0.4, 0.5) is 11.4 Å². The first-order valence-electron chi connectivity index (χ1n) is 5.97. The fourth-order valence-corrected chi connectivity index (χ4v) is 2.04. The first-order chi connectivity index (χ1) is 8.25. The summed E-state index contributed by atoms with van der Waals surface area (Å²) < 4.78 is 0. The predicted molar refractivity (Wildman–Crippen MR) is 67.2 cm³/mol. The first-order valence-corrected chi connectivity index (χ1v) is 5.97. The fourth-order valence-electron chi connectivity index (χ4n) is 2.04. The molecule has 0 bridgehead atoms. The summed E-state index contributed by atoms with van der Waals surface area (Å²) in [6.45, 7) is 1.96. The van der Waals surface area contributed by atoms with Gasteiger partial charge in [0, 0.05) is 30.4 Å². The SMILES string of the molecule is O=[N+]([O-])c1ccc(NCC2CCCCN2)cc1. The van der Waals surface area contributed by atoms with Gasteiger partial charge in [0.15, 0.2) is 0 Å². The maximum Gasteiger partial charge on any atom is 0.269 e. The highest BCUT2D eigenvalue weighted by atomic mass is 16.6. The molecule has 1 aliphatic heterocycles. The second kappa shape index (κ2) is 5.63. The van der Waals surface area contributed by atoms with Gasteiger partial charge in [-0.05, 0) is 31.5 Å². The van der Waals surface area contributed by atoms with Gasteiger partial charge < -0.3 is 10.6 Å². The van der Waals surface area contributed by atoms with Crippen LogP contribution in [0.15, 0.2) is 24.3 Å². The molecule has 0 radical (unpaired) electrons. The van der Waals surface area contributed by atoms with E-state index in [0.29, 0.717) is 6.04 Å². The molecule has 1 unspecified atom stereocenters. The molecule has 1 heterocycles. The summed E-state index contributed by atoms with van der Waals surface area (Å²) in [5, 5.41) is 17.2. The Bertz CT molecular complexity index is 372. The third-order valence-electron chi connectivity index (χ3n) is 3.04. The normalized spacial score (nSPS) is 19.9. The summed E-state index contributed by atoms with van der Waals surface area (Å²) >= 11 is 0. The van der Waals surface area contributed by atoms with E-state index < -0.39 is 0 Å². The number of benzene rings is 1. The van der Waals surface area contributed by atoms with Gasteiger partial charge in [-0.25, -0.2) is 0 Å². The fraction of sp³-hybridized carbons (Fsp3) is 0.500. The maximum absolute atomic E-state index is 10.5. The average Bonchev–Trinajstić information content (AvgIpc) is 2.38. The molecule has 0 spiro atoms. The Morgan fingerprint density at radius 3 is 2.71 bits per heavy atom. The molecule has 1 saturated heterocycles. The molecule has 0 saturated carbocycles. The van der Waals surface area contributed by atoms with Crippen molar-refractivity contribution < 1.29 is 4.92 Å². The highest BCUT2D eigenvalue weighted by Crippen LogP contribution is 2.16. The van der Waals surface area contributed by atoms with Gasteiger partial charge in [-0.2, -0.15) is 0 Å². The van der Waals surface area contributed by atoms with Crippen LogP contribution in [0, 0.1) is 10.1 Å². The number of nitrogens with one attached hydrogen (secondary N) is 2. The zero-order chi connectivity index (χ0) is 12.1.